The zero-order chi connectivity index (χ0) is 25.7. The van der Waals surface area contributed by atoms with Crippen LogP contribution >= 0.6 is 0 Å². The highest BCUT2D eigenvalue weighted by Gasteiger charge is 2.33. The van der Waals surface area contributed by atoms with Gasteiger partial charge in [0.1, 0.15) is 17.1 Å². The molecule has 0 heterocycles. The fraction of sp³-hybridized carbons (Fsp3) is 0.136. The Morgan fingerprint density at radius 3 is 2.44 bits per heavy atom. The summed E-state index contributed by atoms with van der Waals surface area (Å²) in [6.07, 6.45) is -2.25. The number of esters is 1. The first-order valence-corrected chi connectivity index (χ1v) is 10.8. The largest absolute Gasteiger partial charge is 0.507 e. The van der Waals surface area contributed by atoms with Crippen LogP contribution in [0.15, 0.2) is 71.9 Å². The molecule has 0 saturated carbocycles. The van der Waals surface area contributed by atoms with Gasteiger partial charge in [-0.3, -0.25) is 4.72 Å². The standard InChI is InChI=1S/C22H19F4NO6S/c1-13(8-16(23)4-3-7-28)14-9-15(22(24,25)26)11-18(10-14)34(31,32)27-17-5-6-19(20(29)12-17)21(30)33-2/h3-6,8-12,27-29H,1,7H2,2H3/b4-3-,16-8+. The maximum absolute atomic E-state index is 13.8. The number of ether oxygens (including phenoxy) is 1. The number of anilines is 1. The zero-order valence-electron chi connectivity index (χ0n) is 17.6. The van der Waals surface area contributed by atoms with Gasteiger partial charge in [0, 0.05) is 6.07 Å². The van der Waals surface area contributed by atoms with Crippen LogP contribution in [0.1, 0.15) is 21.5 Å². The molecule has 7 nitrogen and oxygen atoms in total. The summed E-state index contributed by atoms with van der Waals surface area (Å²) >= 11 is 0. The lowest BCUT2D eigenvalue weighted by Crippen LogP contribution is -2.15. The third-order valence-electron chi connectivity index (χ3n) is 4.26. The summed E-state index contributed by atoms with van der Waals surface area (Å²) in [4.78, 5) is 10.7. The Kier molecular flexibility index (Phi) is 8.24. The van der Waals surface area contributed by atoms with Gasteiger partial charge in [-0.2, -0.15) is 13.2 Å². The molecule has 12 heteroatoms. The van der Waals surface area contributed by atoms with Gasteiger partial charge in [0.15, 0.2) is 0 Å². The molecule has 0 aromatic heterocycles. The van der Waals surface area contributed by atoms with E-state index in [1.165, 1.54) is 0 Å². The Bertz CT molecular complexity index is 1270. The van der Waals surface area contributed by atoms with Gasteiger partial charge in [0.2, 0.25) is 0 Å². The molecule has 0 aliphatic carbocycles. The van der Waals surface area contributed by atoms with Crippen molar-refractivity contribution in [1.82, 2.24) is 0 Å². The molecule has 0 aliphatic rings. The van der Waals surface area contributed by atoms with E-state index in [-0.39, 0.29) is 22.4 Å². The van der Waals surface area contributed by atoms with E-state index in [4.69, 9.17) is 5.11 Å². The Hall–Kier alpha value is -3.64. The van der Waals surface area contributed by atoms with Gasteiger partial charge < -0.3 is 14.9 Å². The lowest BCUT2D eigenvalue weighted by atomic mass is 10.0. The highest BCUT2D eigenvalue weighted by Crippen LogP contribution is 2.34. The van der Waals surface area contributed by atoms with E-state index in [0.717, 1.165) is 49.6 Å². The molecule has 0 unspecified atom stereocenters. The van der Waals surface area contributed by atoms with Crippen LogP contribution in [0.4, 0.5) is 23.2 Å². The Morgan fingerprint density at radius 1 is 1.21 bits per heavy atom. The maximum Gasteiger partial charge on any atom is 0.416 e. The number of halogens is 4. The van der Waals surface area contributed by atoms with Crippen LogP contribution in [0.2, 0.25) is 0 Å². The van der Waals surface area contributed by atoms with Crippen molar-refractivity contribution < 1.29 is 45.7 Å². The fourth-order valence-corrected chi connectivity index (χ4v) is 3.78. The number of rotatable bonds is 8. The SMILES string of the molecule is C=C(/C=C(F)\C=C/CO)c1cc(C(F)(F)F)cc(S(=O)(=O)Nc2ccc(C(=O)OC)c(O)c2)c1. The molecule has 0 atom stereocenters. The van der Waals surface area contributed by atoms with Crippen molar-refractivity contribution in [2.75, 3.05) is 18.4 Å². The van der Waals surface area contributed by atoms with Crippen LogP contribution in [0.25, 0.3) is 5.57 Å². The van der Waals surface area contributed by atoms with Crippen molar-refractivity contribution in [2.24, 2.45) is 0 Å². The number of aliphatic hydroxyl groups excluding tert-OH is 1. The second-order valence-corrected chi connectivity index (χ2v) is 8.39. The number of phenols is 1. The third kappa shape index (κ3) is 6.68. The van der Waals surface area contributed by atoms with Gasteiger partial charge in [-0.05, 0) is 53.6 Å². The van der Waals surface area contributed by atoms with E-state index >= 15 is 0 Å². The number of nitrogens with one attached hydrogen (secondary N) is 1. The summed E-state index contributed by atoms with van der Waals surface area (Å²) in [5.74, 6) is -2.44. The molecule has 182 valence electrons. The molecular weight excluding hydrogens is 482 g/mol. The molecule has 34 heavy (non-hydrogen) atoms. The molecule has 0 saturated heterocycles. The summed E-state index contributed by atoms with van der Waals surface area (Å²) in [5.41, 5.74) is -2.42. The normalized spacial score (nSPS) is 12.6. The molecule has 2 aromatic rings. The van der Waals surface area contributed by atoms with Crippen molar-refractivity contribution in [2.45, 2.75) is 11.1 Å². The first kappa shape index (κ1) is 26.6. The molecular formula is C22H19F4NO6S. The van der Waals surface area contributed by atoms with E-state index in [9.17, 15) is 35.9 Å². The zero-order valence-corrected chi connectivity index (χ0v) is 18.4. The summed E-state index contributed by atoms with van der Waals surface area (Å²) in [6.45, 7) is 3.01. The number of aromatic hydroxyl groups is 1. The molecule has 0 fully saturated rings. The highest BCUT2D eigenvalue weighted by atomic mass is 32.2. The topological polar surface area (TPSA) is 113 Å². The van der Waals surface area contributed by atoms with Crippen molar-refractivity contribution in [1.29, 1.82) is 0 Å². The third-order valence-corrected chi connectivity index (χ3v) is 5.63. The molecule has 0 bridgehead atoms. The molecule has 0 amide bonds. The second kappa shape index (κ2) is 10.5. The number of carbonyl (C=O) groups excluding carboxylic acids is 1. The van der Waals surface area contributed by atoms with Gasteiger partial charge in [-0.25, -0.2) is 17.6 Å². The lowest BCUT2D eigenvalue weighted by molar-refractivity contribution is -0.137. The average Bonchev–Trinajstić information content (AvgIpc) is 2.76. The van der Waals surface area contributed by atoms with Gasteiger partial charge in [-0.15, -0.1) is 0 Å². The molecule has 2 rings (SSSR count). The Morgan fingerprint density at radius 2 is 1.88 bits per heavy atom. The quantitative estimate of drug-likeness (QED) is 0.281. The predicted octanol–water partition coefficient (Wildman–Crippen LogP) is 4.41. The van der Waals surface area contributed by atoms with Crippen LogP contribution in [0.3, 0.4) is 0 Å². The van der Waals surface area contributed by atoms with Crippen LogP contribution in [-0.2, 0) is 20.9 Å². The minimum atomic E-state index is -4.93. The van der Waals surface area contributed by atoms with E-state index in [1.807, 2.05) is 4.72 Å². The Labute approximate surface area is 192 Å². The van der Waals surface area contributed by atoms with Crippen molar-refractivity contribution >= 4 is 27.3 Å². The van der Waals surface area contributed by atoms with E-state index in [1.54, 1.807) is 0 Å². The predicted molar refractivity (Wildman–Crippen MR) is 116 cm³/mol. The number of aliphatic hydroxyl groups is 1. The number of carbonyl (C=O) groups is 1. The van der Waals surface area contributed by atoms with Gasteiger partial charge in [-0.1, -0.05) is 12.7 Å². The molecule has 3 N–H and O–H groups in total. The maximum atomic E-state index is 13.8. The van der Waals surface area contributed by atoms with E-state index < -0.39 is 50.8 Å². The highest BCUT2D eigenvalue weighted by molar-refractivity contribution is 7.92. The molecule has 0 spiro atoms. The summed E-state index contributed by atoms with van der Waals surface area (Å²) in [5, 5.41) is 18.6. The molecule has 2 aromatic carbocycles. The van der Waals surface area contributed by atoms with Crippen LogP contribution in [-0.4, -0.2) is 38.3 Å². The number of allylic oxidation sites excluding steroid dienone is 4. The minimum Gasteiger partial charge on any atom is -0.507 e. The number of hydrogen-bond acceptors (Lipinski definition) is 6. The fourth-order valence-electron chi connectivity index (χ4n) is 2.66. The monoisotopic (exact) mass is 501 g/mol. The minimum absolute atomic E-state index is 0.247. The average molecular weight is 501 g/mol. The van der Waals surface area contributed by atoms with Gasteiger partial charge >= 0.3 is 12.1 Å². The Balaban J connectivity index is 2.51. The summed E-state index contributed by atoms with van der Waals surface area (Å²) in [6, 6.07) is 4.89. The van der Waals surface area contributed by atoms with Crippen molar-refractivity contribution in [3.8, 4) is 5.75 Å². The number of sulfonamides is 1. The van der Waals surface area contributed by atoms with Crippen molar-refractivity contribution in [3.63, 3.8) is 0 Å². The van der Waals surface area contributed by atoms with Gasteiger partial charge in [0.25, 0.3) is 10.0 Å². The summed E-state index contributed by atoms with van der Waals surface area (Å²) in [7, 11) is -3.56. The first-order chi connectivity index (χ1) is 15.8. The molecule has 0 aliphatic heterocycles. The summed E-state index contributed by atoms with van der Waals surface area (Å²) < 4.78 is 86.1. The second-order valence-electron chi connectivity index (χ2n) is 6.71. The number of alkyl halides is 3. The van der Waals surface area contributed by atoms with E-state index in [0.29, 0.717) is 12.1 Å². The van der Waals surface area contributed by atoms with Gasteiger partial charge in [0.05, 0.1) is 29.9 Å². The van der Waals surface area contributed by atoms with Crippen LogP contribution < -0.4 is 4.72 Å². The number of methoxy groups -OCH3 is 1. The lowest BCUT2D eigenvalue weighted by Gasteiger charge is -2.14. The first-order valence-electron chi connectivity index (χ1n) is 9.29. The van der Waals surface area contributed by atoms with Crippen molar-refractivity contribution in [3.05, 3.63) is 83.7 Å². The van der Waals surface area contributed by atoms with Crippen LogP contribution in [0, 0.1) is 0 Å². The molecule has 0 radical (unpaired) electrons. The van der Waals surface area contributed by atoms with E-state index in [2.05, 4.69) is 11.3 Å². The van der Waals surface area contributed by atoms with Crippen LogP contribution in [0.5, 0.6) is 5.75 Å². The number of phenolic OH excluding ortho intramolecular Hbond substituents is 1. The number of hydrogen-bond donors (Lipinski definition) is 3. The number of benzene rings is 2. The smallest absolute Gasteiger partial charge is 0.416 e.